The van der Waals surface area contributed by atoms with Gasteiger partial charge >= 0.3 is 0 Å². The van der Waals surface area contributed by atoms with Crippen molar-refractivity contribution in [2.24, 2.45) is 0 Å². The molecule has 3 rings (SSSR count). The molecule has 0 bridgehead atoms. The molecule has 5 heteroatoms. The van der Waals surface area contributed by atoms with Gasteiger partial charge in [0.15, 0.2) is 0 Å². The lowest BCUT2D eigenvalue weighted by molar-refractivity contribution is 0.0343. The summed E-state index contributed by atoms with van der Waals surface area (Å²) in [7, 11) is 0. The van der Waals surface area contributed by atoms with Crippen LogP contribution in [0.25, 0.3) is 10.4 Å². The second kappa shape index (κ2) is 7.51. The number of thiophene rings is 2. The molecule has 1 unspecified atom stereocenters. The van der Waals surface area contributed by atoms with Crippen molar-refractivity contribution in [2.75, 3.05) is 32.8 Å². The third kappa shape index (κ3) is 4.37. The molecular formula is C16H22N2OS2. The Morgan fingerprint density at radius 1 is 1.33 bits per heavy atom. The van der Waals surface area contributed by atoms with Crippen LogP contribution in [0.5, 0.6) is 0 Å². The Balaban J connectivity index is 1.46. The van der Waals surface area contributed by atoms with Gasteiger partial charge in [-0.1, -0.05) is 6.07 Å². The molecule has 3 nitrogen and oxygen atoms in total. The average molecular weight is 322 g/mol. The zero-order valence-corrected chi connectivity index (χ0v) is 14.0. The summed E-state index contributed by atoms with van der Waals surface area (Å²) in [4.78, 5) is 5.25. The maximum atomic E-state index is 5.39. The smallest absolute Gasteiger partial charge is 0.0594 e. The van der Waals surface area contributed by atoms with E-state index >= 15 is 0 Å². The SMILES string of the molecule is CC(CN1CCOCC1)NCc1cc(-c2cccs2)cs1. The molecule has 1 N–H and O–H groups in total. The second-order valence-corrected chi connectivity index (χ2v) is 7.42. The molecule has 0 amide bonds. The zero-order chi connectivity index (χ0) is 14.5. The van der Waals surface area contributed by atoms with Gasteiger partial charge in [-0.25, -0.2) is 0 Å². The standard InChI is InChI=1S/C16H22N2OS2/c1-13(11-18-4-6-19-7-5-18)17-10-15-9-14(12-21-15)16-3-2-8-20-16/h2-3,8-9,12-13,17H,4-7,10-11H2,1H3. The van der Waals surface area contributed by atoms with Gasteiger partial charge in [-0.05, 0) is 29.8 Å². The van der Waals surface area contributed by atoms with Gasteiger partial charge < -0.3 is 10.1 Å². The van der Waals surface area contributed by atoms with Gasteiger partial charge in [-0.2, -0.15) is 0 Å². The van der Waals surface area contributed by atoms with Crippen LogP contribution in [-0.4, -0.2) is 43.8 Å². The first-order chi connectivity index (χ1) is 10.3. The molecule has 1 fully saturated rings. The highest BCUT2D eigenvalue weighted by Gasteiger charge is 2.13. The highest BCUT2D eigenvalue weighted by atomic mass is 32.1. The quantitative estimate of drug-likeness (QED) is 0.883. The fraction of sp³-hybridized carbons (Fsp3) is 0.500. The van der Waals surface area contributed by atoms with Crippen LogP contribution in [0.3, 0.4) is 0 Å². The molecule has 0 radical (unpaired) electrons. The maximum absolute atomic E-state index is 5.39. The molecule has 0 saturated carbocycles. The van der Waals surface area contributed by atoms with E-state index in [-0.39, 0.29) is 0 Å². The largest absolute Gasteiger partial charge is 0.379 e. The summed E-state index contributed by atoms with van der Waals surface area (Å²) in [5, 5.41) is 8.03. The number of nitrogens with zero attached hydrogens (tertiary/aromatic N) is 1. The van der Waals surface area contributed by atoms with E-state index in [9.17, 15) is 0 Å². The Bertz CT molecular complexity index is 532. The number of rotatable bonds is 6. The highest BCUT2D eigenvalue weighted by molar-refractivity contribution is 7.14. The van der Waals surface area contributed by atoms with Crippen LogP contribution in [0.15, 0.2) is 29.0 Å². The lowest BCUT2D eigenvalue weighted by Crippen LogP contribution is -2.44. The predicted molar refractivity (Wildman–Crippen MR) is 91.2 cm³/mol. The van der Waals surface area contributed by atoms with Crippen LogP contribution in [0.2, 0.25) is 0 Å². The maximum Gasteiger partial charge on any atom is 0.0594 e. The van der Waals surface area contributed by atoms with Crippen molar-refractivity contribution in [1.82, 2.24) is 10.2 Å². The van der Waals surface area contributed by atoms with Crippen molar-refractivity contribution in [3.63, 3.8) is 0 Å². The molecule has 2 aromatic rings. The Hall–Kier alpha value is -0.720. The lowest BCUT2D eigenvalue weighted by atomic mass is 10.2. The summed E-state index contributed by atoms with van der Waals surface area (Å²) in [5.41, 5.74) is 1.35. The molecule has 3 heterocycles. The molecule has 21 heavy (non-hydrogen) atoms. The molecular weight excluding hydrogens is 300 g/mol. The normalized spacial score (nSPS) is 18.0. The number of morpholine rings is 1. The van der Waals surface area contributed by atoms with Crippen LogP contribution in [0, 0.1) is 0 Å². The molecule has 1 aliphatic rings. The van der Waals surface area contributed by atoms with Crippen LogP contribution in [0.1, 0.15) is 11.8 Å². The minimum atomic E-state index is 0.510. The van der Waals surface area contributed by atoms with E-state index in [4.69, 9.17) is 4.74 Å². The van der Waals surface area contributed by atoms with Gasteiger partial charge in [0.2, 0.25) is 0 Å². The van der Waals surface area contributed by atoms with E-state index in [0.29, 0.717) is 6.04 Å². The summed E-state index contributed by atoms with van der Waals surface area (Å²) >= 11 is 3.65. The Morgan fingerprint density at radius 3 is 2.95 bits per heavy atom. The molecule has 2 aromatic heterocycles. The van der Waals surface area contributed by atoms with Gasteiger partial charge in [0.05, 0.1) is 13.2 Å². The Kier molecular flexibility index (Phi) is 5.43. The predicted octanol–water partition coefficient (Wildman–Crippen LogP) is 3.29. The lowest BCUT2D eigenvalue weighted by Gasteiger charge is -2.29. The van der Waals surface area contributed by atoms with Crippen molar-refractivity contribution in [3.8, 4) is 10.4 Å². The fourth-order valence-corrected chi connectivity index (χ4v) is 4.18. The molecule has 1 atom stereocenters. The van der Waals surface area contributed by atoms with E-state index in [1.807, 2.05) is 11.3 Å². The summed E-state index contributed by atoms with van der Waals surface area (Å²) in [6, 6.07) is 7.12. The van der Waals surface area contributed by atoms with Crippen molar-refractivity contribution in [3.05, 3.63) is 33.8 Å². The van der Waals surface area contributed by atoms with Crippen molar-refractivity contribution in [2.45, 2.75) is 19.5 Å². The second-order valence-electron chi connectivity index (χ2n) is 5.47. The van der Waals surface area contributed by atoms with E-state index in [0.717, 1.165) is 39.4 Å². The average Bonchev–Trinajstić information content (AvgIpc) is 3.17. The summed E-state index contributed by atoms with van der Waals surface area (Å²) < 4.78 is 5.39. The number of ether oxygens (including phenoxy) is 1. The van der Waals surface area contributed by atoms with Gasteiger partial charge in [-0.15, -0.1) is 22.7 Å². The third-order valence-corrected chi connectivity index (χ3v) is 5.58. The molecule has 114 valence electrons. The minimum Gasteiger partial charge on any atom is -0.379 e. The number of hydrogen-bond acceptors (Lipinski definition) is 5. The monoisotopic (exact) mass is 322 g/mol. The van der Waals surface area contributed by atoms with Crippen LogP contribution < -0.4 is 5.32 Å². The van der Waals surface area contributed by atoms with Gasteiger partial charge in [0.1, 0.15) is 0 Å². The van der Waals surface area contributed by atoms with E-state index in [1.165, 1.54) is 15.3 Å². The molecule has 1 saturated heterocycles. The van der Waals surface area contributed by atoms with E-state index < -0.39 is 0 Å². The fourth-order valence-electron chi connectivity index (χ4n) is 2.56. The molecule has 0 aromatic carbocycles. The first-order valence-corrected chi connectivity index (χ1v) is 9.22. The summed E-state index contributed by atoms with van der Waals surface area (Å²) in [6.45, 7) is 8.21. The topological polar surface area (TPSA) is 24.5 Å². The van der Waals surface area contributed by atoms with Gasteiger partial charge in [-0.3, -0.25) is 4.90 Å². The van der Waals surface area contributed by atoms with Crippen molar-refractivity contribution < 1.29 is 4.74 Å². The molecule has 0 aliphatic carbocycles. The summed E-state index contributed by atoms with van der Waals surface area (Å²) in [6.07, 6.45) is 0. The van der Waals surface area contributed by atoms with Crippen molar-refractivity contribution >= 4 is 22.7 Å². The van der Waals surface area contributed by atoms with Gasteiger partial charge in [0, 0.05) is 47.5 Å². The van der Waals surface area contributed by atoms with Crippen LogP contribution >= 0.6 is 22.7 Å². The summed E-state index contributed by atoms with van der Waals surface area (Å²) in [5.74, 6) is 0. The van der Waals surface area contributed by atoms with E-state index in [1.54, 1.807) is 11.3 Å². The molecule has 0 spiro atoms. The first kappa shape index (κ1) is 15.2. The van der Waals surface area contributed by atoms with Crippen molar-refractivity contribution in [1.29, 1.82) is 0 Å². The molecule has 1 aliphatic heterocycles. The zero-order valence-electron chi connectivity index (χ0n) is 12.4. The highest BCUT2D eigenvalue weighted by Crippen LogP contribution is 2.29. The van der Waals surface area contributed by atoms with Gasteiger partial charge in [0.25, 0.3) is 0 Å². The Labute approximate surface area is 134 Å². The van der Waals surface area contributed by atoms with E-state index in [2.05, 4.69) is 46.1 Å². The Morgan fingerprint density at radius 2 is 2.19 bits per heavy atom. The minimum absolute atomic E-state index is 0.510. The third-order valence-electron chi connectivity index (χ3n) is 3.72. The van der Waals surface area contributed by atoms with Crippen LogP contribution in [-0.2, 0) is 11.3 Å². The number of nitrogens with one attached hydrogen (secondary N) is 1. The first-order valence-electron chi connectivity index (χ1n) is 7.46. The van der Waals surface area contributed by atoms with Crippen LogP contribution in [0.4, 0.5) is 0 Å². The number of hydrogen-bond donors (Lipinski definition) is 1.